The van der Waals surface area contributed by atoms with E-state index in [1.807, 2.05) is 19.3 Å². The van der Waals surface area contributed by atoms with Gasteiger partial charge in [-0.25, -0.2) is 4.79 Å². The van der Waals surface area contributed by atoms with Gasteiger partial charge in [-0.15, -0.1) is 0 Å². The van der Waals surface area contributed by atoms with Gasteiger partial charge in [0.15, 0.2) is 0 Å². The van der Waals surface area contributed by atoms with Crippen molar-refractivity contribution >= 4 is 17.3 Å². The lowest BCUT2D eigenvalue weighted by molar-refractivity contribution is 0.0698. The smallest absolute Gasteiger partial charge is 0.337 e. The molecule has 0 spiro atoms. The Morgan fingerprint density at radius 1 is 1.48 bits per heavy atom. The summed E-state index contributed by atoms with van der Waals surface area (Å²) in [6.45, 7) is 4.45. The van der Waals surface area contributed by atoms with Gasteiger partial charge in [0.1, 0.15) is 0 Å². The molecule has 0 saturated heterocycles. The lowest BCUT2D eigenvalue weighted by Crippen LogP contribution is -2.07. The number of carboxylic acid groups (broad SMARTS) is 1. The van der Waals surface area contributed by atoms with Gasteiger partial charge in [-0.1, -0.05) is 6.92 Å². The van der Waals surface area contributed by atoms with Gasteiger partial charge in [0.2, 0.25) is 0 Å². The number of aromatic carboxylic acids is 1. The molecule has 4 N–H and O–H groups in total. The van der Waals surface area contributed by atoms with E-state index in [0.717, 1.165) is 28.9 Å². The molecule has 1 aromatic heterocycles. The van der Waals surface area contributed by atoms with Crippen molar-refractivity contribution < 1.29 is 9.90 Å². The zero-order valence-corrected chi connectivity index (χ0v) is 12.5. The third kappa shape index (κ3) is 3.16. The first-order chi connectivity index (χ1) is 9.92. The number of nitrogens with zero attached hydrogens (tertiary/aromatic N) is 2. The molecule has 0 bridgehead atoms. The van der Waals surface area contributed by atoms with Crippen LogP contribution in [0.3, 0.4) is 0 Å². The third-order valence-corrected chi connectivity index (χ3v) is 3.43. The molecule has 0 saturated carbocycles. The molecule has 0 fully saturated rings. The highest BCUT2D eigenvalue weighted by Crippen LogP contribution is 2.23. The van der Waals surface area contributed by atoms with Crippen LogP contribution in [0.25, 0.3) is 0 Å². The minimum Gasteiger partial charge on any atom is -0.478 e. The number of rotatable bonds is 5. The van der Waals surface area contributed by atoms with Gasteiger partial charge in [-0.3, -0.25) is 4.68 Å². The summed E-state index contributed by atoms with van der Waals surface area (Å²) in [6, 6.07) is 3.41. The number of aromatic nitrogens is 2. The molecule has 112 valence electrons. The van der Waals surface area contributed by atoms with Crippen LogP contribution in [0.2, 0.25) is 0 Å². The maximum atomic E-state index is 11.2. The van der Waals surface area contributed by atoms with Crippen molar-refractivity contribution in [3.05, 3.63) is 40.7 Å². The predicted molar refractivity (Wildman–Crippen MR) is 82.5 cm³/mol. The molecule has 0 unspecified atom stereocenters. The number of nitrogen functional groups attached to an aromatic ring is 1. The molecule has 0 aliphatic carbocycles. The Morgan fingerprint density at radius 3 is 2.81 bits per heavy atom. The molecule has 1 heterocycles. The second-order valence-corrected chi connectivity index (χ2v) is 5.04. The Morgan fingerprint density at radius 2 is 2.19 bits per heavy atom. The number of nitrogens with two attached hydrogens (primary N) is 1. The number of aryl methyl sites for hydroxylation is 3. The summed E-state index contributed by atoms with van der Waals surface area (Å²) in [5.41, 5.74) is 9.85. The Balaban J connectivity index is 2.22. The highest BCUT2D eigenvalue weighted by Gasteiger charge is 2.12. The molecule has 0 aliphatic rings. The van der Waals surface area contributed by atoms with Crippen molar-refractivity contribution in [1.82, 2.24) is 9.78 Å². The van der Waals surface area contributed by atoms with Crippen LogP contribution in [0.5, 0.6) is 0 Å². The lowest BCUT2D eigenvalue weighted by Gasteiger charge is -2.11. The van der Waals surface area contributed by atoms with E-state index < -0.39 is 5.97 Å². The van der Waals surface area contributed by atoms with E-state index in [1.54, 1.807) is 17.7 Å². The van der Waals surface area contributed by atoms with Gasteiger partial charge in [0, 0.05) is 36.7 Å². The van der Waals surface area contributed by atoms with Crippen LogP contribution in [0.4, 0.5) is 11.4 Å². The highest BCUT2D eigenvalue weighted by molar-refractivity contribution is 5.95. The number of carbonyl (C=O) groups is 1. The first kappa shape index (κ1) is 14.9. The molecule has 6 heteroatoms. The van der Waals surface area contributed by atoms with Gasteiger partial charge in [-0.2, -0.15) is 5.10 Å². The zero-order chi connectivity index (χ0) is 15.6. The van der Waals surface area contributed by atoms with Crippen molar-refractivity contribution in [3.8, 4) is 0 Å². The normalized spacial score (nSPS) is 10.6. The number of benzene rings is 1. The quantitative estimate of drug-likeness (QED) is 0.733. The summed E-state index contributed by atoms with van der Waals surface area (Å²) in [5.74, 6) is -1.02. The first-order valence-electron chi connectivity index (χ1n) is 6.81. The first-order valence-corrected chi connectivity index (χ1v) is 6.81. The Labute approximate surface area is 123 Å². The Hall–Kier alpha value is -2.50. The molecule has 21 heavy (non-hydrogen) atoms. The molecule has 0 aliphatic heterocycles. The summed E-state index contributed by atoms with van der Waals surface area (Å²) in [4.78, 5) is 11.2. The molecule has 6 nitrogen and oxygen atoms in total. The van der Waals surface area contributed by atoms with Crippen LogP contribution < -0.4 is 11.1 Å². The van der Waals surface area contributed by atoms with Gasteiger partial charge in [-0.05, 0) is 31.0 Å². The van der Waals surface area contributed by atoms with E-state index in [2.05, 4.69) is 17.3 Å². The molecule has 1 aromatic carbocycles. The van der Waals surface area contributed by atoms with E-state index in [4.69, 9.17) is 10.8 Å². The SMILES string of the molecule is CCc1nn(C)cc1CNc1cc(C)c(N)c(C(=O)O)c1. The fourth-order valence-corrected chi connectivity index (χ4v) is 2.30. The molecule has 2 aromatic rings. The second-order valence-electron chi connectivity index (χ2n) is 5.04. The molecule has 0 radical (unpaired) electrons. The molecule has 0 amide bonds. The van der Waals surface area contributed by atoms with E-state index in [-0.39, 0.29) is 5.56 Å². The van der Waals surface area contributed by atoms with Gasteiger partial charge >= 0.3 is 5.97 Å². The van der Waals surface area contributed by atoms with Crippen LogP contribution >= 0.6 is 0 Å². The van der Waals surface area contributed by atoms with Crippen LogP contribution in [-0.4, -0.2) is 20.9 Å². The molecule has 0 atom stereocenters. The van der Waals surface area contributed by atoms with Gasteiger partial charge in [0.05, 0.1) is 11.3 Å². The number of anilines is 2. The monoisotopic (exact) mass is 288 g/mol. The fourth-order valence-electron chi connectivity index (χ4n) is 2.30. The van der Waals surface area contributed by atoms with Crippen molar-refractivity contribution in [1.29, 1.82) is 0 Å². The second kappa shape index (κ2) is 5.87. The van der Waals surface area contributed by atoms with Crippen molar-refractivity contribution in [2.24, 2.45) is 7.05 Å². The number of nitrogens with one attached hydrogen (secondary N) is 1. The van der Waals surface area contributed by atoms with E-state index in [0.29, 0.717) is 12.2 Å². The topological polar surface area (TPSA) is 93.2 Å². The minimum atomic E-state index is -1.02. The largest absolute Gasteiger partial charge is 0.478 e. The van der Waals surface area contributed by atoms with Crippen LogP contribution in [0.15, 0.2) is 18.3 Å². The fraction of sp³-hybridized carbons (Fsp3) is 0.333. The maximum absolute atomic E-state index is 11.2. The maximum Gasteiger partial charge on any atom is 0.337 e. The summed E-state index contributed by atoms with van der Waals surface area (Å²) in [5, 5.41) is 16.8. The van der Waals surface area contributed by atoms with Crippen molar-refractivity contribution in [2.75, 3.05) is 11.1 Å². The van der Waals surface area contributed by atoms with E-state index in [9.17, 15) is 4.79 Å². The summed E-state index contributed by atoms with van der Waals surface area (Å²) in [7, 11) is 1.89. The number of carboxylic acids is 1. The Kier molecular flexibility index (Phi) is 4.16. The highest BCUT2D eigenvalue weighted by atomic mass is 16.4. The molecular formula is C15H20N4O2. The Bertz CT molecular complexity index is 677. The summed E-state index contributed by atoms with van der Waals surface area (Å²) >= 11 is 0. The third-order valence-electron chi connectivity index (χ3n) is 3.43. The summed E-state index contributed by atoms with van der Waals surface area (Å²) in [6.07, 6.45) is 2.83. The van der Waals surface area contributed by atoms with Crippen LogP contribution in [0.1, 0.15) is 34.1 Å². The summed E-state index contributed by atoms with van der Waals surface area (Å²) < 4.78 is 1.78. The predicted octanol–water partition coefficient (Wildman–Crippen LogP) is 2.18. The van der Waals surface area contributed by atoms with Crippen molar-refractivity contribution in [3.63, 3.8) is 0 Å². The lowest BCUT2D eigenvalue weighted by atomic mass is 10.1. The number of hydrogen-bond donors (Lipinski definition) is 3. The molecular weight excluding hydrogens is 268 g/mol. The molecule has 2 rings (SSSR count). The minimum absolute atomic E-state index is 0.124. The standard InChI is InChI=1S/C15H20N4O2/c1-4-13-10(8-19(3)18-13)7-17-11-5-9(2)14(16)12(6-11)15(20)21/h5-6,8,17H,4,7,16H2,1-3H3,(H,20,21). The average molecular weight is 288 g/mol. The van der Waals surface area contributed by atoms with Crippen LogP contribution in [0, 0.1) is 6.92 Å². The average Bonchev–Trinajstić information content (AvgIpc) is 2.79. The zero-order valence-electron chi connectivity index (χ0n) is 12.5. The van der Waals surface area contributed by atoms with Gasteiger partial charge in [0.25, 0.3) is 0 Å². The van der Waals surface area contributed by atoms with E-state index in [1.165, 1.54) is 0 Å². The van der Waals surface area contributed by atoms with Gasteiger partial charge < -0.3 is 16.2 Å². The van der Waals surface area contributed by atoms with Crippen LogP contribution in [-0.2, 0) is 20.0 Å². The van der Waals surface area contributed by atoms with Crippen molar-refractivity contribution in [2.45, 2.75) is 26.8 Å². The number of hydrogen-bond acceptors (Lipinski definition) is 4. The van der Waals surface area contributed by atoms with E-state index >= 15 is 0 Å².